The van der Waals surface area contributed by atoms with Crippen molar-refractivity contribution in [3.05, 3.63) is 35.8 Å². The quantitative estimate of drug-likeness (QED) is 0.478. The fourth-order valence-corrected chi connectivity index (χ4v) is 6.55. The minimum absolute atomic E-state index is 0.0557. The molecule has 3 aliphatic rings. The second kappa shape index (κ2) is 9.87. The van der Waals surface area contributed by atoms with Crippen LogP contribution in [0.2, 0.25) is 0 Å². The average molecular weight is 486 g/mol. The molecule has 1 aromatic heterocycles. The van der Waals surface area contributed by atoms with E-state index in [-0.39, 0.29) is 35.6 Å². The number of likely N-dealkylation sites (tertiary alicyclic amines) is 2. The van der Waals surface area contributed by atoms with E-state index in [9.17, 15) is 19.1 Å². The van der Waals surface area contributed by atoms with Crippen LogP contribution < -0.4 is 10.6 Å². The van der Waals surface area contributed by atoms with Crippen molar-refractivity contribution in [1.82, 2.24) is 25.4 Å². The van der Waals surface area contributed by atoms with Crippen molar-refractivity contribution in [2.24, 2.45) is 0 Å². The van der Waals surface area contributed by atoms with E-state index in [1.54, 1.807) is 14.0 Å². The van der Waals surface area contributed by atoms with Crippen molar-refractivity contribution in [3.8, 4) is 0 Å². The first-order valence-corrected chi connectivity index (χ1v) is 12.8. The number of aromatic nitrogens is 1. The van der Waals surface area contributed by atoms with Crippen LogP contribution in [0.3, 0.4) is 0 Å². The minimum atomic E-state index is -0.977. The van der Waals surface area contributed by atoms with Crippen molar-refractivity contribution in [3.63, 3.8) is 0 Å². The molecule has 3 heterocycles. The van der Waals surface area contributed by atoms with Gasteiger partial charge in [0.05, 0.1) is 18.7 Å². The number of aromatic amines is 1. The molecule has 2 aliphatic heterocycles. The Hall–Kier alpha value is -2.49. The number of aliphatic hydroxyl groups is 1. The number of carbonyl (C=O) groups is 2. The van der Waals surface area contributed by atoms with E-state index in [1.165, 1.54) is 37.8 Å². The number of aliphatic hydroxyl groups excluding tert-OH is 1. The van der Waals surface area contributed by atoms with Gasteiger partial charge >= 0.3 is 0 Å². The molecule has 2 aromatic rings. The molecule has 0 bridgehead atoms. The van der Waals surface area contributed by atoms with Gasteiger partial charge in [-0.1, -0.05) is 12.8 Å². The molecule has 5 atom stereocenters. The second-order valence-corrected chi connectivity index (χ2v) is 10.3. The molecule has 9 heteroatoms. The maximum Gasteiger partial charge on any atom is 0.247 e. The lowest BCUT2D eigenvalue weighted by molar-refractivity contribution is -0.138. The van der Waals surface area contributed by atoms with Crippen molar-refractivity contribution >= 4 is 22.7 Å². The molecule has 2 amide bonds. The fourth-order valence-electron chi connectivity index (χ4n) is 6.55. The molecule has 5 rings (SSSR count). The summed E-state index contributed by atoms with van der Waals surface area (Å²) in [5, 5.41) is 16.6. The maximum absolute atomic E-state index is 13.8. The molecule has 0 unspecified atom stereocenters. The van der Waals surface area contributed by atoms with Gasteiger partial charge in [-0.3, -0.25) is 14.5 Å². The van der Waals surface area contributed by atoms with Gasteiger partial charge in [0.2, 0.25) is 11.8 Å². The minimum Gasteiger partial charge on any atom is -0.394 e. The zero-order valence-electron chi connectivity index (χ0n) is 20.5. The van der Waals surface area contributed by atoms with Gasteiger partial charge in [0, 0.05) is 48.2 Å². The Bertz CT molecular complexity index is 1080. The third-order valence-electron chi connectivity index (χ3n) is 8.44. The van der Waals surface area contributed by atoms with E-state index < -0.39 is 18.7 Å². The van der Waals surface area contributed by atoms with E-state index in [0.717, 1.165) is 29.4 Å². The Labute approximate surface area is 205 Å². The number of hydrogen-bond donors (Lipinski definition) is 4. The van der Waals surface area contributed by atoms with Crippen LogP contribution in [-0.4, -0.2) is 88.7 Å². The number of H-pyrrole nitrogens is 1. The van der Waals surface area contributed by atoms with Crippen LogP contribution in [0.4, 0.5) is 4.39 Å². The van der Waals surface area contributed by atoms with Gasteiger partial charge in [-0.2, -0.15) is 0 Å². The van der Waals surface area contributed by atoms with Crippen LogP contribution in [0.25, 0.3) is 10.9 Å². The number of hydrogen-bond acceptors (Lipinski definition) is 5. The summed E-state index contributed by atoms with van der Waals surface area (Å²) in [4.78, 5) is 33.8. The number of halogens is 1. The van der Waals surface area contributed by atoms with Crippen LogP contribution in [0.15, 0.2) is 24.4 Å². The van der Waals surface area contributed by atoms with Crippen LogP contribution in [0.1, 0.15) is 50.5 Å². The van der Waals surface area contributed by atoms with Crippen molar-refractivity contribution in [2.45, 2.75) is 75.2 Å². The SMILES string of the molecule is CN[C@@H](C)C(=O)N[C@@H](CO)C(=O)N1CC[C@@H]2[C@H]1[C@@H](c1c[nH]c3cc(F)ccc13)CN2C1CCCC1. The Morgan fingerprint density at radius 3 is 2.74 bits per heavy atom. The van der Waals surface area contributed by atoms with Gasteiger partial charge in [-0.25, -0.2) is 4.39 Å². The van der Waals surface area contributed by atoms with E-state index in [2.05, 4.69) is 20.5 Å². The third kappa shape index (κ3) is 4.34. The number of fused-ring (bicyclic) bond motifs is 2. The molecule has 4 N–H and O–H groups in total. The Kier molecular flexibility index (Phi) is 6.83. The largest absolute Gasteiger partial charge is 0.394 e. The molecule has 0 spiro atoms. The van der Waals surface area contributed by atoms with E-state index in [1.807, 2.05) is 17.2 Å². The number of carbonyl (C=O) groups excluding carboxylic acids is 2. The molecule has 35 heavy (non-hydrogen) atoms. The summed E-state index contributed by atoms with van der Waals surface area (Å²) in [6, 6.07) is 4.08. The van der Waals surface area contributed by atoms with Gasteiger partial charge in [0.25, 0.3) is 0 Å². The Morgan fingerprint density at radius 2 is 2.03 bits per heavy atom. The highest BCUT2D eigenvalue weighted by molar-refractivity contribution is 5.90. The first-order chi connectivity index (χ1) is 16.9. The standard InChI is InChI=1S/C26H36FN5O3/c1-15(28-2)25(34)30-22(14-33)26(35)31-10-9-23-24(31)20(13-32(23)17-5-3-4-6-17)19-12-29-21-11-16(27)7-8-18(19)21/h7-8,11-12,15,17,20,22-24,28-29,33H,3-6,9-10,13-14H2,1-2H3,(H,30,34)/t15-,20+,22-,23+,24+/m0/s1. The molecule has 1 aromatic carbocycles. The van der Waals surface area contributed by atoms with Crippen molar-refractivity contribution in [1.29, 1.82) is 0 Å². The number of nitrogens with zero attached hydrogens (tertiary/aromatic N) is 2. The van der Waals surface area contributed by atoms with Crippen LogP contribution in [0, 0.1) is 5.82 Å². The molecule has 190 valence electrons. The number of nitrogens with one attached hydrogen (secondary N) is 3. The first-order valence-electron chi connectivity index (χ1n) is 12.8. The van der Waals surface area contributed by atoms with Gasteiger partial charge in [0.1, 0.15) is 11.9 Å². The number of likely N-dealkylation sites (N-methyl/N-ethyl adjacent to an activating group) is 1. The molecule has 1 aliphatic carbocycles. The molecule has 2 saturated heterocycles. The predicted octanol–water partition coefficient (Wildman–Crippen LogP) is 1.70. The third-order valence-corrected chi connectivity index (χ3v) is 8.44. The van der Waals surface area contributed by atoms with Crippen LogP contribution >= 0.6 is 0 Å². The summed E-state index contributed by atoms with van der Waals surface area (Å²) in [6.07, 6.45) is 7.67. The van der Waals surface area contributed by atoms with Gasteiger partial charge in [-0.05, 0) is 57.0 Å². The van der Waals surface area contributed by atoms with E-state index in [0.29, 0.717) is 12.6 Å². The highest BCUT2D eigenvalue weighted by Gasteiger charge is 2.53. The number of rotatable bonds is 7. The summed E-state index contributed by atoms with van der Waals surface area (Å²) in [6.45, 7) is 2.71. The summed E-state index contributed by atoms with van der Waals surface area (Å²) in [5.74, 6) is -0.763. The number of benzene rings is 1. The molecule has 8 nitrogen and oxygen atoms in total. The van der Waals surface area contributed by atoms with Crippen molar-refractivity contribution < 1.29 is 19.1 Å². The number of amides is 2. The molecule has 1 saturated carbocycles. The fraction of sp³-hybridized carbons (Fsp3) is 0.615. The smallest absolute Gasteiger partial charge is 0.247 e. The summed E-state index contributed by atoms with van der Waals surface area (Å²) < 4.78 is 13.8. The van der Waals surface area contributed by atoms with Gasteiger partial charge in [0.15, 0.2) is 0 Å². The topological polar surface area (TPSA) is 101 Å². The lowest BCUT2D eigenvalue weighted by atomic mass is 9.91. The average Bonchev–Trinajstić information content (AvgIpc) is 3.65. The second-order valence-electron chi connectivity index (χ2n) is 10.3. The van der Waals surface area contributed by atoms with E-state index in [4.69, 9.17) is 0 Å². The van der Waals surface area contributed by atoms with Gasteiger partial charge in [-0.15, -0.1) is 0 Å². The predicted molar refractivity (Wildman–Crippen MR) is 131 cm³/mol. The molecule has 0 radical (unpaired) electrons. The molecular weight excluding hydrogens is 449 g/mol. The monoisotopic (exact) mass is 485 g/mol. The first kappa shape index (κ1) is 24.2. The van der Waals surface area contributed by atoms with Crippen LogP contribution in [-0.2, 0) is 9.59 Å². The van der Waals surface area contributed by atoms with Gasteiger partial charge < -0.3 is 25.6 Å². The zero-order chi connectivity index (χ0) is 24.7. The maximum atomic E-state index is 13.8. The summed E-state index contributed by atoms with van der Waals surface area (Å²) in [5.41, 5.74) is 1.86. The van der Waals surface area contributed by atoms with Crippen molar-refractivity contribution in [2.75, 3.05) is 26.7 Å². The lowest BCUT2D eigenvalue weighted by Gasteiger charge is -2.32. The van der Waals surface area contributed by atoms with Crippen LogP contribution in [0.5, 0.6) is 0 Å². The highest BCUT2D eigenvalue weighted by atomic mass is 19.1. The Morgan fingerprint density at radius 1 is 1.26 bits per heavy atom. The Balaban J connectivity index is 1.46. The molecule has 3 fully saturated rings. The highest BCUT2D eigenvalue weighted by Crippen LogP contribution is 2.45. The summed E-state index contributed by atoms with van der Waals surface area (Å²) >= 11 is 0. The summed E-state index contributed by atoms with van der Waals surface area (Å²) in [7, 11) is 1.68. The lowest BCUT2D eigenvalue weighted by Crippen LogP contribution is -2.56. The van der Waals surface area contributed by atoms with E-state index >= 15 is 0 Å². The normalized spacial score (nSPS) is 26.9. The zero-order valence-corrected chi connectivity index (χ0v) is 20.5. The molecular formula is C26H36FN5O3.